The van der Waals surface area contributed by atoms with E-state index in [0.717, 1.165) is 46.9 Å². The van der Waals surface area contributed by atoms with Crippen LogP contribution in [0.15, 0.2) is 40.9 Å². The number of carbonyl (C=O) groups is 1. The van der Waals surface area contributed by atoms with Crippen molar-refractivity contribution < 1.29 is 4.79 Å². The molecule has 1 unspecified atom stereocenters. The maximum atomic E-state index is 12.5. The van der Waals surface area contributed by atoms with Crippen LogP contribution in [0.3, 0.4) is 0 Å². The van der Waals surface area contributed by atoms with E-state index in [9.17, 15) is 4.79 Å². The fraction of sp³-hybridized carbons (Fsp3) is 0.353. The Hall–Kier alpha value is -1.39. The Morgan fingerprint density at radius 2 is 2.00 bits per heavy atom. The summed E-state index contributed by atoms with van der Waals surface area (Å²) in [6.07, 6.45) is 1.99. The van der Waals surface area contributed by atoms with Crippen molar-refractivity contribution in [1.29, 1.82) is 0 Å². The molecule has 0 spiro atoms. The van der Waals surface area contributed by atoms with Crippen molar-refractivity contribution in [3.05, 3.63) is 40.9 Å². The molecule has 1 atom stereocenters. The monoisotopic (exact) mass is 346 g/mol. The molecule has 1 aliphatic rings. The number of anilines is 1. The molecule has 4 heteroatoms. The second-order valence-corrected chi connectivity index (χ2v) is 6.92. The smallest absolute Gasteiger partial charge is 0.231 e. The molecule has 110 valence electrons. The first-order chi connectivity index (χ1) is 10.1. The van der Waals surface area contributed by atoms with Crippen LogP contribution in [0.2, 0.25) is 0 Å². The molecule has 1 fully saturated rings. The number of rotatable bonds is 2. The highest BCUT2D eigenvalue weighted by atomic mass is 79.9. The van der Waals surface area contributed by atoms with Crippen molar-refractivity contribution >= 4 is 38.3 Å². The Labute approximate surface area is 133 Å². The second kappa shape index (κ2) is 5.78. The molecule has 1 amide bonds. The highest BCUT2D eigenvalue weighted by molar-refractivity contribution is 9.10. The lowest BCUT2D eigenvalue weighted by Crippen LogP contribution is -2.46. The third-order valence-corrected chi connectivity index (χ3v) is 4.70. The van der Waals surface area contributed by atoms with E-state index in [0.29, 0.717) is 0 Å². The van der Waals surface area contributed by atoms with Crippen LogP contribution in [0.1, 0.15) is 19.8 Å². The summed E-state index contributed by atoms with van der Waals surface area (Å²) >= 11 is 3.47. The van der Waals surface area contributed by atoms with Gasteiger partial charge in [0, 0.05) is 16.7 Å². The SMILES string of the molecule is CC1(C(=O)Nc2ccc3cc(Br)ccc3c2)CCCNC1. The molecule has 0 aromatic heterocycles. The minimum atomic E-state index is -0.313. The lowest BCUT2D eigenvalue weighted by molar-refractivity contribution is -0.125. The van der Waals surface area contributed by atoms with Gasteiger partial charge in [-0.15, -0.1) is 0 Å². The zero-order valence-corrected chi connectivity index (χ0v) is 13.7. The predicted molar refractivity (Wildman–Crippen MR) is 90.5 cm³/mol. The zero-order chi connectivity index (χ0) is 14.9. The van der Waals surface area contributed by atoms with Crippen molar-refractivity contribution in [1.82, 2.24) is 5.32 Å². The van der Waals surface area contributed by atoms with Crippen molar-refractivity contribution in [3.63, 3.8) is 0 Å². The van der Waals surface area contributed by atoms with Gasteiger partial charge < -0.3 is 10.6 Å². The van der Waals surface area contributed by atoms with Gasteiger partial charge in [0.15, 0.2) is 0 Å². The van der Waals surface area contributed by atoms with Crippen LogP contribution in [0.25, 0.3) is 10.8 Å². The minimum absolute atomic E-state index is 0.103. The lowest BCUT2D eigenvalue weighted by Gasteiger charge is -2.32. The fourth-order valence-corrected chi connectivity index (χ4v) is 3.21. The molecule has 0 bridgehead atoms. The second-order valence-electron chi connectivity index (χ2n) is 6.00. The Balaban J connectivity index is 1.81. The molecule has 3 nitrogen and oxygen atoms in total. The van der Waals surface area contributed by atoms with Gasteiger partial charge >= 0.3 is 0 Å². The maximum Gasteiger partial charge on any atom is 0.231 e. The molecule has 1 aliphatic heterocycles. The molecule has 0 aliphatic carbocycles. The number of hydrogen-bond donors (Lipinski definition) is 2. The third-order valence-electron chi connectivity index (χ3n) is 4.21. The van der Waals surface area contributed by atoms with E-state index < -0.39 is 0 Å². The molecule has 0 radical (unpaired) electrons. The van der Waals surface area contributed by atoms with Gasteiger partial charge in [-0.05, 0) is 61.3 Å². The van der Waals surface area contributed by atoms with Crippen molar-refractivity contribution in [2.24, 2.45) is 5.41 Å². The Bertz CT molecular complexity index is 678. The van der Waals surface area contributed by atoms with Gasteiger partial charge in [0.05, 0.1) is 5.41 Å². The number of hydrogen-bond acceptors (Lipinski definition) is 2. The first kappa shape index (κ1) is 14.5. The van der Waals surface area contributed by atoms with Gasteiger partial charge in [0.25, 0.3) is 0 Å². The molecule has 3 rings (SSSR count). The van der Waals surface area contributed by atoms with E-state index in [2.05, 4.69) is 38.7 Å². The van der Waals surface area contributed by atoms with Crippen LogP contribution in [-0.2, 0) is 4.79 Å². The van der Waals surface area contributed by atoms with Crippen LogP contribution in [0.4, 0.5) is 5.69 Å². The van der Waals surface area contributed by atoms with E-state index in [1.807, 2.05) is 31.2 Å². The summed E-state index contributed by atoms with van der Waals surface area (Å²) in [5.74, 6) is 0.103. The summed E-state index contributed by atoms with van der Waals surface area (Å²) in [4.78, 5) is 12.5. The number of nitrogens with one attached hydrogen (secondary N) is 2. The van der Waals surface area contributed by atoms with Crippen molar-refractivity contribution in [2.45, 2.75) is 19.8 Å². The van der Waals surface area contributed by atoms with Gasteiger partial charge in [-0.3, -0.25) is 4.79 Å². The van der Waals surface area contributed by atoms with Crippen LogP contribution in [0.5, 0.6) is 0 Å². The molecule has 0 saturated carbocycles. The maximum absolute atomic E-state index is 12.5. The Morgan fingerprint density at radius 3 is 2.76 bits per heavy atom. The average Bonchev–Trinajstić information content (AvgIpc) is 2.48. The topological polar surface area (TPSA) is 41.1 Å². The molecule has 1 saturated heterocycles. The van der Waals surface area contributed by atoms with Crippen LogP contribution >= 0.6 is 15.9 Å². The molecular formula is C17H19BrN2O. The van der Waals surface area contributed by atoms with Crippen molar-refractivity contribution in [3.8, 4) is 0 Å². The molecule has 2 aromatic carbocycles. The standard InChI is InChI=1S/C17H19BrN2O/c1-17(7-2-8-19-11-17)16(21)20-15-6-4-12-9-14(18)5-3-13(12)10-15/h3-6,9-10,19H,2,7-8,11H2,1H3,(H,20,21). The lowest BCUT2D eigenvalue weighted by atomic mass is 9.82. The summed E-state index contributed by atoms with van der Waals surface area (Å²) in [6.45, 7) is 3.79. The normalized spacial score (nSPS) is 22.2. The molecule has 2 aromatic rings. The molecule has 1 heterocycles. The Morgan fingerprint density at radius 1 is 1.24 bits per heavy atom. The number of piperidine rings is 1. The number of amides is 1. The molecule has 21 heavy (non-hydrogen) atoms. The van der Waals surface area contributed by atoms with Gasteiger partial charge in [-0.1, -0.05) is 28.1 Å². The Kier molecular flexibility index (Phi) is 4.00. The number of fused-ring (bicyclic) bond motifs is 1. The minimum Gasteiger partial charge on any atom is -0.326 e. The van der Waals surface area contributed by atoms with E-state index >= 15 is 0 Å². The quantitative estimate of drug-likeness (QED) is 0.864. The summed E-state index contributed by atoms with van der Waals surface area (Å²) in [5.41, 5.74) is 0.550. The first-order valence-electron chi connectivity index (χ1n) is 7.28. The van der Waals surface area contributed by atoms with E-state index in [1.54, 1.807) is 0 Å². The van der Waals surface area contributed by atoms with Crippen LogP contribution in [-0.4, -0.2) is 19.0 Å². The zero-order valence-electron chi connectivity index (χ0n) is 12.1. The molecule has 2 N–H and O–H groups in total. The van der Waals surface area contributed by atoms with Gasteiger partial charge in [-0.25, -0.2) is 0 Å². The van der Waals surface area contributed by atoms with Gasteiger partial charge in [0.2, 0.25) is 5.91 Å². The van der Waals surface area contributed by atoms with Crippen LogP contribution in [0, 0.1) is 5.41 Å². The predicted octanol–water partition coefficient (Wildman–Crippen LogP) is 3.93. The highest BCUT2D eigenvalue weighted by Gasteiger charge is 2.34. The van der Waals surface area contributed by atoms with Crippen molar-refractivity contribution in [2.75, 3.05) is 18.4 Å². The average molecular weight is 347 g/mol. The number of benzene rings is 2. The van der Waals surface area contributed by atoms with E-state index in [4.69, 9.17) is 0 Å². The largest absolute Gasteiger partial charge is 0.326 e. The summed E-state index contributed by atoms with van der Waals surface area (Å²) in [6, 6.07) is 12.2. The summed E-state index contributed by atoms with van der Waals surface area (Å²) < 4.78 is 1.06. The van der Waals surface area contributed by atoms with Gasteiger partial charge in [-0.2, -0.15) is 0 Å². The number of carbonyl (C=O) groups excluding carboxylic acids is 1. The third kappa shape index (κ3) is 3.11. The highest BCUT2D eigenvalue weighted by Crippen LogP contribution is 2.28. The summed E-state index contributed by atoms with van der Waals surface area (Å²) in [5, 5.41) is 8.67. The van der Waals surface area contributed by atoms with E-state index in [1.165, 1.54) is 0 Å². The van der Waals surface area contributed by atoms with Gasteiger partial charge in [0.1, 0.15) is 0 Å². The van der Waals surface area contributed by atoms with E-state index in [-0.39, 0.29) is 11.3 Å². The fourth-order valence-electron chi connectivity index (χ4n) is 2.83. The summed E-state index contributed by atoms with van der Waals surface area (Å²) in [7, 11) is 0. The molecular weight excluding hydrogens is 328 g/mol. The first-order valence-corrected chi connectivity index (χ1v) is 8.08. The number of halogens is 1. The van der Waals surface area contributed by atoms with Crippen LogP contribution < -0.4 is 10.6 Å².